The van der Waals surface area contributed by atoms with E-state index in [1.807, 2.05) is 0 Å². The Hall–Kier alpha value is -1.39. The van der Waals surface area contributed by atoms with Gasteiger partial charge in [0.15, 0.2) is 6.23 Å². The van der Waals surface area contributed by atoms with Crippen molar-refractivity contribution in [3.63, 3.8) is 0 Å². The maximum absolute atomic E-state index is 11.8. The van der Waals surface area contributed by atoms with Crippen molar-refractivity contribution >= 4 is 17.8 Å². The monoisotopic (exact) mass is 213 g/mol. The molecule has 5 heteroatoms. The number of esters is 1. The molecule has 15 heavy (non-hydrogen) atoms. The first kappa shape index (κ1) is 11.7. The summed E-state index contributed by atoms with van der Waals surface area (Å²) in [5, 5.41) is 0. The maximum Gasteiger partial charge on any atom is 0.304 e. The van der Waals surface area contributed by atoms with Gasteiger partial charge in [-0.05, 0) is 0 Å². The molecule has 1 unspecified atom stereocenters. The van der Waals surface area contributed by atoms with Crippen molar-refractivity contribution in [2.24, 2.45) is 5.41 Å². The van der Waals surface area contributed by atoms with Gasteiger partial charge >= 0.3 is 5.97 Å². The Bertz CT molecular complexity index is 316. The highest BCUT2D eigenvalue weighted by Crippen LogP contribution is 2.27. The number of ether oxygens (including phenoxy) is 1. The van der Waals surface area contributed by atoms with E-state index in [-0.39, 0.29) is 18.2 Å². The van der Waals surface area contributed by atoms with Gasteiger partial charge in [-0.3, -0.25) is 14.4 Å². The Kier molecular flexibility index (Phi) is 2.83. The predicted molar refractivity (Wildman–Crippen MR) is 51.5 cm³/mol. The van der Waals surface area contributed by atoms with E-state index in [2.05, 4.69) is 0 Å². The summed E-state index contributed by atoms with van der Waals surface area (Å²) in [4.78, 5) is 34.7. The van der Waals surface area contributed by atoms with Gasteiger partial charge in [0.1, 0.15) is 0 Å². The van der Waals surface area contributed by atoms with E-state index >= 15 is 0 Å². The number of hydrogen-bond acceptors (Lipinski definition) is 4. The zero-order valence-electron chi connectivity index (χ0n) is 9.36. The van der Waals surface area contributed by atoms with Crippen LogP contribution in [0.1, 0.15) is 34.1 Å². The summed E-state index contributed by atoms with van der Waals surface area (Å²) in [7, 11) is 0. The normalized spacial score (nSPS) is 20.9. The first-order chi connectivity index (χ1) is 6.73. The van der Waals surface area contributed by atoms with E-state index in [1.165, 1.54) is 6.92 Å². The van der Waals surface area contributed by atoms with Crippen molar-refractivity contribution in [3.05, 3.63) is 0 Å². The largest absolute Gasteiger partial charge is 0.441 e. The standard InChI is InChI=1S/C10H15NO4/c1-6(12)15-8-5-7(13)11(8)9(14)10(2,3)4/h8H,5H2,1-4H3. The molecule has 0 aliphatic carbocycles. The van der Waals surface area contributed by atoms with Crippen LogP contribution in [0.5, 0.6) is 0 Å². The Morgan fingerprint density at radius 2 is 1.93 bits per heavy atom. The number of likely N-dealkylation sites (tertiary alicyclic amines) is 1. The third-order valence-electron chi connectivity index (χ3n) is 2.07. The van der Waals surface area contributed by atoms with E-state index in [9.17, 15) is 14.4 Å². The summed E-state index contributed by atoms with van der Waals surface area (Å²) in [5.41, 5.74) is -0.644. The molecule has 1 saturated heterocycles. The number of carbonyl (C=O) groups excluding carboxylic acids is 3. The van der Waals surface area contributed by atoms with E-state index in [1.54, 1.807) is 20.8 Å². The molecule has 84 valence electrons. The minimum atomic E-state index is -0.707. The fourth-order valence-corrected chi connectivity index (χ4v) is 1.28. The highest BCUT2D eigenvalue weighted by molar-refractivity contribution is 6.02. The number of carbonyl (C=O) groups is 3. The Morgan fingerprint density at radius 3 is 2.27 bits per heavy atom. The molecule has 1 heterocycles. The first-order valence-electron chi connectivity index (χ1n) is 4.77. The third-order valence-corrected chi connectivity index (χ3v) is 2.07. The zero-order valence-corrected chi connectivity index (χ0v) is 9.36. The van der Waals surface area contributed by atoms with Gasteiger partial charge in [0.25, 0.3) is 0 Å². The van der Waals surface area contributed by atoms with Crippen LogP contribution in [-0.2, 0) is 19.1 Å². The average molecular weight is 213 g/mol. The quantitative estimate of drug-likeness (QED) is 0.474. The third kappa shape index (κ3) is 2.34. The van der Waals surface area contributed by atoms with Crippen LogP contribution in [0.15, 0.2) is 0 Å². The van der Waals surface area contributed by atoms with Crippen molar-refractivity contribution in [2.75, 3.05) is 0 Å². The molecular weight excluding hydrogens is 198 g/mol. The highest BCUT2D eigenvalue weighted by Gasteiger charge is 2.46. The second-order valence-electron chi connectivity index (χ2n) is 4.59. The summed E-state index contributed by atoms with van der Waals surface area (Å²) < 4.78 is 4.83. The highest BCUT2D eigenvalue weighted by atomic mass is 16.6. The number of imide groups is 1. The lowest BCUT2D eigenvalue weighted by molar-refractivity contribution is -0.190. The van der Waals surface area contributed by atoms with Gasteiger partial charge in [-0.25, -0.2) is 4.90 Å². The Morgan fingerprint density at radius 1 is 1.40 bits per heavy atom. The van der Waals surface area contributed by atoms with Gasteiger partial charge in [-0.2, -0.15) is 0 Å². The Balaban J connectivity index is 2.71. The van der Waals surface area contributed by atoms with Crippen LogP contribution >= 0.6 is 0 Å². The van der Waals surface area contributed by atoms with Gasteiger partial charge < -0.3 is 4.74 Å². The molecule has 0 saturated carbocycles. The summed E-state index contributed by atoms with van der Waals surface area (Å²) in [5.74, 6) is -1.09. The number of amides is 2. The molecule has 5 nitrogen and oxygen atoms in total. The van der Waals surface area contributed by atoms with E-state index < -0.39 is 17.6 Å². The molecule has 1 aliphatic heterocycles. The fraction of sp³-hybridized carbons (Fsp3) is 0.700. The summed E-state index contributed by atoms with van der Waals surface area (Å²) in [6.45, 7) is 6.39. The van der Waals surface area contributed by atoms with Crippen LogP contribution in [-0.4, -0.2) is 28.9 Å². The minimum Gasteiger partial charge on any atom is -0.441 e. The molecule has 0 aromatic carbocycles. The second-order valence-corrected chi connectivity index (χ2v) is 4.59. The molecule has 0 spiro atoms. The molecule has 1 fully saturated rings. The summed E-state index contributed by atoms with van der Waals surface area (Å²) in [6.07, 6.45) is -0.608. The molecule has 1 atom stereocenters. The van der Waals surface area contributed by atoms with Gasteiger partial charge in [-0.15, -0.1) is 0 Å². The van der Waals surface area contributed by atoms with Gasteiger partial charge in [-0.1, -0.05) is 20.8 Å². The van der Waals surface area contributed by atoms with E-state index in [0.717, 1.165) is 4.90 Å². The second kappa shape index (κ2) is 3.64. The zero-order chi connectivity index (χ0) is 11.8. The van der Waals surface area contributed by atoms with Crippen LogP contribution in [0.2, 0.25) is 0 Å². The van der Waals surface area contributed by atoms with Crippen molar-refractivity contribution in [3.8, 4) is 0 Å². The van der Waals surface area contributed by atoms with Crippen molar-refractivity contribution in [1.82, 2.24) is 4.90 Å². The predicted octanol–water partition coefficient (Wildman–Crippen LogP) is 0.681. The molecule has 2 amide bonds. The van der Waals surface area contributed by atoms with Gasteiger partial charge in [0.2, 0.25) is 11.8 Å². The van der Waals surface area contributed by atoms with Gasteiger partial charge in [0, 0.05) is 12.3 Å². The fourth-order valence-electron chi connectivity index (χ4n) is 1.28. The minimum absolute atomic E-state index is 0.0986. The van der Waals surface area contributed by atoms with Crippen LogP contribution in [0.3, 0.4) is 0 Å². The molecular formula is C10H15NO4. The van der Waals surface area contributed by atoms with Crippen LogP contribution < -0.4 is 0 Å². The molecule has 0 N–H and O–H groups in total. The number of nitrogens with zero attached hydrogens (tertiary/aromatic N) is 1. The molecule has 1 rings (SSSR count). The molecule has 0 aromatic heterocycles. The van der Waals surface area contributed by atoms with E-state index in [4.69, 9.17) is 4.74 Å². The number of β-lactam (4-membered cyclic amide) rings is 1. The van der Waals surface area contributed by atoms with Crippen molar-refractivity contribution < 1.29 is 19.1 Å². The number of hydrogen-bond donors (Lipinski definition) is 0. The smallest absolute Gasteiger partial charge is 0.304 e. The van der Waals surface area contributed by atoms with Crippen LogP contribution in [0.4, 0.5) is 0 Å². The summed E-state index contributed by atoms with van der Waals surface area (Å²) >= 11 is 0. The lowest BCUT2D eigenvalue weighted by Gasteiger charge is -2.40. The average Bonchev–Trinajstić information content (AvgIpc) is 2.00. The molecule has 1 aliphatic rings. The Labute approximate surface area is 88.4 Å². The first-order valence-corrected chi connectivity index (χ1v) is 4.77. The molecule has 0 aromatic rings. The van der Waals surface area contributed by atoms with Crippen molar-refractivity contribution in [2.45, 2.75) is 40.3 Å². The lowest BCUT2D eigenvalue weighted by atomic mass is 9.92. The summed E-state index contributed by atoms with van der Waals surface area (Å²) in [6, 6.07) is 0. The van der Waals surface area contributed by atoms with Crippen LogP contribution in [0, 0.1) is 5.41 Å². The van der Waals surface area contributed by atoms with E-state index in [0.29, 0.717) is 0 Å². The van der Waals surface area contributed by atoms with Crippen molar-refractivity contribution in [1.29, 1.82) is 0 Å². The topological polar surface area (TPSA) is 63.7 Å². The van der Waals surface area contributed by atoms with Crippen LogP contribution in [0.25, 0.3) is 0 Å². The SMILES string of the molecule is CC(=O)OC1CC(=O)N1C(=O)C(C)(C)C. The maximum atomic E-state index is 11.8. The lowest BCUT2D eigenvalue weighted by Crippen LogP contribution is -2.59. The molecule has 0 radical (unpaired) electrons. The van der Waals surface area contributed by atoms with Gasteiger partial charge in [0.05, 0.1) is 6.42 Å². The number of rotatable bonds is 1. The molecule has 0 bridgehead atoms.